The number of halogens is 1. The van der Waals surface area contributed by atoms with Crippen LogP contribution in [0.1, 0.15) is 39.8 Å². The number of anilines is 1. The van der Waals surface area contributed by atoms with Crippen molar-refractivity contribution in [3.05, 3.63) is 63.6 Å². The first kappa shape index (κ1) is 20.9. The molecule has 0 aliphatic rings. The summed E-state index contributed by atoms with van der Waals surface area (Å²) in [7, 11) is 1.61. The first-order chi connectivity index (χ1) is 13.7. The van der Waals surface area contributed by atoms with Crippen molar-refractivity contribution in [1.82, 2.24) is 14.3 Å². The number of likely N-dealkylation sites (N-methyl/N-ethyl adjacent to an activating group) is 1. The van der Waals surface area contributed by atoms with Crippen molar-refractivity contribution < 1.29 is 9.59 Å². The van der Waals surface area contributed by atoms with E-state index in [1.54, 1.807) is 29.8 Å². The molecule has 2 aromatic heterocycles. The number of aryl methyl sites for hydroxylation is 4. The molecule has 3 rings (SSSR count). The van der Waals surface area contributed by atoms with Gasteiger partial charge in [0.1, 0.15) is 11.3 Å². The van der Waals surface area contributed by atoms with Crippen LogP contribution in [-0.2, 0) is 11.2 Å². The monoisotopic (exact) mass is 412 g/mol. The molecule has 0 bridgehead atoms. The van der Waals surface area contributed by atoms with Crippen LogP contribution in [0.5, 0.6) is 0 Å². The first-order valence-electron chi connectivity index (χ1n) is 9.51. The zero-order chi connectivity index (χ0) is 21.3. The highest BCUT2D eigenvalue weighted by Crippen LogP contribution is 2.22. The summed E-state index contributed by atoms with van der Waals surface area (Å²) in [6.07, 6.45) is 2.27. The fraction of sp³-hybridized carbons (Fsp3) is 0.318. The summed E-state index contributed by atoms with van der Waals surface area (Å²) in [6.45, 7) is 7.81. The molecule has 0 aliphatic heterocycles. The van der Waals surface area contributed by atoms with E-state index in [-0.39, 0.29) is 18.4 Å². The minimum absolute atomic E-state index is 0.0669. The van der Waals surface area contributed by atoms with E-state index in [1.807, 2.05) is 39.8 Å². The second-order valence-corrected chi connectivity index (χ2v) is 7.76. The van der Waals surface area contributed by atoms with Crippen molar-refractivity contribution in [3.63, 3.8) is 0 Å². The lowest BCUT2D eigenvalue weighted by molar-refractivity contribution is -0.116. The van der Waals surface area contributed by atoms with Gasteiger partial charge >= 0.3 is 0 Å². The number of amides is 2. The molecule has 1 aromatic carbocycles. The predicted octanol–water partition coefficient (Wildman–Crippen LogP) is 4.19. The summed E-state index contributed by atoms with van der Waals surface area (Å²) in [6, 6.07) is 7.55. The molecule has 7 heteroatoms. The van der Waals surface area contributed by atoms with Gasteiger partial charge in [-0.25, -0.2) is 4.98 Å². The van der Waals surface area contributed by atoms with E-state index < -0.39 is 0 Å². The molecule has 2 heterocycles. The van der Waals surface area contributed by atoms with Gasteiger partial charge in [0.15, 0.2) is 0 Å². The Kier molecular flexibility index (Phi) is 5.94. The SMILES string of the molecule is CCc1nc2ccc(Cl)cn2c1C(=O)N(C)CC(=O)Nc1c(C)cc(C)cc1C. The number of carbonyl (C=O) groups is 2. The van der Waals surface area contributed by atoms with Gasteiger partial charge in [-0.15, -0.1) is 0 Å². The van der Waals surface area contributed by atoms with Gasteiger partial charge in [0, 0.05) is 18.9 Å². The van der Waals surface area contributed by atoms with Crippen LogP contribution in [0.3, 0.4) is 0 Å². The van der Waals surface area contributed by atoms with Gasteiger partial charge in [-0.1, -0.05) is 36.2 Å². The molecule has 0 atom stereocenters. The van der Waals surface area contributed by atoms with Crippen LogP contribution >= 0.6 is 11.6 Å². The number of aromatic nitrogens is 2. The Hall–Kier alpha value is -2.86. The topological polar surface area (TPSA) is 66.7 Å². The first-order valence-corrected chi connectivity index (χ1v) is 9.88. The third-order valence-corrected chi connectivity index (χ3v) is 5.08. The van der Waals surface area contributed by atoms with E-state index in [2.05, 4.69) is 10.3 Å². The molecule has 6 nitrogen and oxygen atoms in total. The van der Waals surface area contributed by atoms with Gasteiger partial charge in [-0.3, -0.25) is 14.0 Å². The molecule has 1 N–H and O–H groups in total. The van der Waals surface area contributed by atoms with Crippen molar-refractivity contribution in [1.29, 1.82) is 0 Å². The number of benzene rings is 1. The normalized spacial score (nSPS) is 11.0. The Bertz CT molecular complexity index is 1080. The predicted molar refractivity (Wildman–Crippen MR) is 116 cm³/mol. The molecule has 0 radical (unpaired) electrons. The molecule has 2 amide bonds. The Balaban J connectivity index is 1.82. The lowest BCUT2D eigenvalue weighted by Crippen LogP contribution is -2.36. The van der Waals surface area contributed by atoms with Crippen LogP contribution in [-0.4, -0.2) is 39.7 Å². The summed E-state index contributed by atoms with van der Waals surface area (Å²) >= 11 is 6.11. The van der Waals surface area contributed by atoms with Crippen molar-refractivity contribution in [2.24, 2.45) is 0 Å². The Labute approximate surface area is 175 Å². The smallest absolute Gasteiger partial charge is 0.272 e. The molecule has 0 fully saturated rings. The average Bonchev–Trinajstić information content (AvgIpc) is 3.01. The average molecular weight is 413 g/mol. The number of pyridine rings is 1. The Morgan fingerprint density at radius 1 is 1.17 bits per heavy atom. The highest BCUT2D eigenvalue weighted by molar-refractivity contribution is 6.30. The van der Waals surface area contributed by atoms with Crippen molar-refractivity contribution in [2.45, 2.75) is 34.1 Å². The van der Waals surface area contributed by atoms with Gasteiger partial charge in [0.25, 0.3) is 5.91 Å². The summed E-state index contributed by atoms with van der Waals surface area (Å²) < 4.78 is 1.69. The highest BCUT2D eigenvalue weighted by atomic mass is 35.5. The number of hydrogen-bond donors (Lipinski definition) is 1. The molecule has 152 valence electrons. The van der Waals surface area contributed by atoms with Gasteiger partial charge in [-0.2, -0.15) is 0 Å². The Morgan fingerprint density at radius 2 is 1.83 bits per heavy atom. The lowest BCUT2D eigenvalue weighted by atomic mass is 10.1. The third-order valence-electron chi connectivity index (χ3n) is 4.86. The maximum Gasteiger partial charge on any atom is 0.272 e. The fourth-order valence-electron chi connectivity index (χ4n) is 3.56. The molecule has 0 aliphatic carbocycles. The standard InChI is InChI=1S/C22H25ClN4O2/c1-6-17-21(27-11-16(23)7-8-18(27)24-17)22(29)26(5)12-19(28)25-20-14(3)9-13(2)10-15(20)4/h7-11H,6,12H2,1-5H3,(H,25,28). The van der Waals surface area contributed by atoms with Crippen molar-refractivity contribution in [3.8, 4) is 0 Å². The minimum Gasteiger partial charge on any atom is -0.331 e. The van der Waals surface area contributed by atoms with Crippen LogP contribution in [0.15, 0.2) is 30.5 Å². The largest absolute Gasteiger partial charge is 0.331 e. The fourth-order valence-corrected chi connectivity index (χ4v) is 3.73. The molecule has 0 spiro atoms. The summed E-state index contributed by atoms with van der Waals surface area (Å²) in [4.78, 5) is 31.6. The number of nitrogens with zero attached hydrogens (tertiary/aromatic N) is 3. The van der Waals surface area contributed by atoms with Gasteiger partial charge in [-0.05, 0) is 50.5 Å². The molecule has 3 aromatic rings. The number of carbonyl (C=O) groups excluding carboxylic acids is 2. The third kappa shape index (κ3) is 4.27. The number of nitrogens with one attached hydrogen (secondary N) is 1. The van der Waals surface area contributed by atoms with Crippen LogP contribution in [0.2, 0.25) is 5.02 Å². The highest BCUT2D eigenvalue weighted by Gasteiger charge is 2.23. The van der Waals surface area contributed by atoms with Crippen molar-refractivity contribution >= 4 is 34.7 Å². The summed E-state index contributed by atoms with van der Waals surface area (Å²) in [5, 5.41) is 3.45. The second-order valence-electron chi connectivity index (χ2n) is 7.32. The molecular formula is C22H25ClN4O2. The number of hydrogen-bond acceptors (Lipinski definition) is 3. The Morgan fingerprint density at radius 3 is 2.45 bits per heavy atom. The van der Waals surface area contributed by atoms with Gasteiger partial charge < -0.3 is 10.2 Å². The number of rotatable bonds is 5. The van der Waals surface area contributed by atoms with E-state index >= 15 is 0 Å². The summed E-state index contributed by atoms with van der Waals surface area (Å²) in [5.74, 6) is -0.523. The van der Waals surface area contributed by atoms with Gasteiger partial charge in [0.05, 0.1) is 17.3 Å². The zero-order valence-electron chi connectivity index (χ0n) is 17.3. The van der Waals surface area contributed by atoms with Crippen LogP contribution in [0, 0.1) is 20.8 Å². The van der Waals surface area contributed by atoms with Crippen LogP contribution in [0.25, 0.3) is 5.65 Å². The maximum atomic E-state index is 13.1. The van der Waals surface area contributed by atoms with E-state index in [4.69, 9.17) is 11.6 Å². The molecule has 29 heavy (non-hydrogen) atoms. The van der Waals surface area contributed by atoms with Gasteiger partial charge in [0.2, 0.25) is 5.91 Å². The number of imidazole rings is 1. The zero-order valence-corrected chi connectivity index (χ0v) is 18.1. The number of fused-ring (bicyclic) bond motifs is 1. The lowest BCUT2D eigenvalue weighted by Gasteiger charge is -2.19. The van der Waals surface area contributed by atoms with Crippen LogP contribution in [0.4, 0.5) is 5.69 Å². The molecule has 0 saturated carbocycles. The summed E-state index contributed by atoms with van der Waals surface area (Å²) in [5.41, 5.74) is 5.68. The molecule has 0 saturated heterocycles. The molecular weight excluding hydrogens is 388 g/mol. The molecule has 0 unspecified atom stereocenters. The van der Waals surface area contributed by atoms with E-state index in [1.165, 1.54) is 4.90 Å². The quantitative estimate of drug-likeness (QED) is 0.683. The van der Waals surface area contributed by atoms with Crippen LogP contribution < -0.4 is 5.32 Å². The van der Waals surface area contributed by atoms with E-state index in [0.717, 1.165) is 22.4 Å². The maximum absolute atomic E-state index is 13.1. The van der Waals surface area contributed by atoms with E-state index in [9.17, 15) is 9.59 Å². The second kappa shape index (κ2) is 8.25. The van der Waals surface area contributed by atoms with E-state index in [0.29, 0.717) is 28.5 Å². The van der Waals surface area contributed by atoms with Crippen molar-refractivity contribution in [2.75, 3.05) is 18.9 Å². The minimum atomic E-state index is -0.274.